The molecule has 29 heavy (non-hydrogen) atoms. The lowest BCUT2D eigenvalue weighted by atomic mass is 9.80. The summed E-state index contributed by atoms with van der Waals surface area (Å²) in [5.74, 6) is 1.17. The van der Waals surface area contributed by atoms with Gasteiger partial charge in [-0.25, -0.2) is 9.97 Å². The monoisotopic (exact) mass is 398 g/mol. The molecule has 0 bridgehead atoms. The highest BCUT2D eigenvalue weighted by atomic mass is 16.5. The van der Waals surface area contributed by atoms with E-state index < -0.39 is 0 Å². The lowest BCUT2D eigenvalue weighted by Gasteiger charge is -2.38. The van der Waals surface area contributed by atoms with Crippen molar-refractivity contribution in [3.63, 3.8) is 0 Å². The van der Waals surface area contributed by atoms with Gasteiger partial charge >= 0.3 is 0 Å². The van der Waals surface area contributed by atoms with E-state index >= 15 is 0 Å². The standard InChI is InChI=1S/C22H30N4O3/c1-15-10-26(11-16(2)29-15)21-23-9-18-12-28-14-22(19(18)24-21)7-8-25(13-22)20(27)17-5-3-4-6-17/h3-4,9,15-17H,5-8,10-14H2,1-2H3/t15-,16+,22-/m0/s1. The highest BCUT2D eigenvalue weighted by molar-refractivity contribution is 5.80. The minimum Gasteiger partial charge on any atom is -0.376 e. The maximum Gasteiger partial charge on any atom is 0.226 e. The Morgan fingerprint density at radius 2 is 1.97 bits per heavy atom. The van der Waals surface area contributed by atoms with Gasteiger partial charge in [-0.05, 0) is 33.1 Å². The van der Waals surface area contributed by atoms with E-state index in [0.29, 0.717) is 19.8 Å². The zero-order chi connectivity index (χ0) is 20.0. The van der Waals surface area contributed by atoms with Gasteiger partial charge in [0.15, 0.2) is 0 Å². The van der Waals surface area contributed by atoms with Gasteiger partial charge in [0.25, 0.3) is 0 Å². The SMILES string of the molecule is C[C@@H]1CN(c2ncc3c(n2)[C@]2(CCN(C(=O)C4CC=CC4)C2)COC3)C[C@H](C)O1. The van der Waals surface area contributed by atoms with Crippen LogP contribution in [0.25, 0.3) is 0 Å². The second kappa shape index (κ2) is 7.36. The predicted molar refractivity (Wildman–Crippen MR) is 109 cm³/mol. The average Bonchev–Trinajstić information content (AvgIpc) is 3.38. The van der Waals surface area contributed by atoms with Crippen molar-refractivity contribution in [1.29, 1.82) is 0 Å². The van der Waals surface area contributed by atoms with Crippen LogP contribution in [0.3, 0.4) is 0 Å². The van der Waals surface area contributed by atoms with Crippen LogP contribution < -0.4 is 4.90 Å². The molecular formula is C22H30N4O3. The number of carbonyl (C=O) groups is 1. The molecule has 5 rings (SSSR count). The molecule has 156 valence electrons. The van der Waals surface area contributed by atoms with Crippen LogP contribution in [-0.4, -0.2) is 65.8 Å². The van der Waals surface area contributed by atoms with Crippen molar-refractivity contribution < 1.29 is 14.3 Å². The van der Waals surface area contributed by atoms with Gasteiger partial charge in [0.2, 0.25) is 11.9 Å². The molecule has 1 aromatic heterocycles. The number of allylic oxidation sites excluding steroid dienone is 2. The summed E-state index contributed by atoms with van der Waals surface area (Å²) in [5.41, 5.74) is 1.93. The molecule has 1 spiro atoms. The molecule has 4 aliphatic rings. The van der Waals surface area contributed by atoms with Gasteiger partial charge in [-0.1, -0.05) is 12.2 Å². The van der Waals surface area contributed by atoms with Gasteiger partial charge < -0.3 is 19.3 Å². The summed E-state index contributed by atoms with van der Waals surface area (Å²) in [4.78, 5) is 26.9. The first-order valence-corrected chi connectivity index (χ1v) is 10.8. The van der Waals surface area contributed by atoms with E-state index in [1.165, 1.54) is 0 Å². The number of anilines is 1. The van der Waals surface area contributed by atoms with Crippen molar-refractivity contribution in [2.75, 3.05) is 37.7 Å². The second-order valence-electron chi connectivity index (χ2n) is 9.13. The van der Waals surface area contributed by atoms with Gasteiger partial charge in [-0.3, -0.25) is 4.79 Å². The minimum atomic E-state index is -0.212. The van der Waals surface area contributed by atoms with Gasteiger partial charge in [-0.15, -0.1) is 0 Å². The lowest BCUT2D eigenvalue weighted by Crippen LogP contribution is -2.47. The van der Waals surface area contributed by atoms with Crippen molar-refractivity contribution >= 4 is 11.9 Å². The van der Waals surface area contributed by atoms with Crippen LogP contribution in [0.15, 0.2) is 18.3 Å². The first kappa shape index (κ1) is 19.0. The van der Waals surface area contributed by atoms with Crippen LogP contribution >= 0.6 is 0 Å². The second-order valence-corrected chi connectivity index (χ2v) is 9.13. The number of ether oxygens (including phenoxy) is 2. The fourth-order valence-corrected chi connectivity index (χ4v) is 5.33. The summed E-state index contributed by atoms with van der Waals surface area (Å²) in [6, 6.07) is 0. The third kappa shape index (κ3) is 3.44. The van der Waals surface area contributed by atoms with E-state index in [1.54, 1.807) is 0 Å². The number of carbonyl (C=O) groups excluding carboxylic acids is 1. The Kier molecular flexibility index (Phi) is 4.82. The molecule has 2 saturated heterocycles. The number of hydrogen-bond donors (Lipinski definition) is 0. The van der Waals surface area contributed by atoms with Crippen LogP contribution in [-0.2, 0) is 26.3 Å². The van der Waals surface area contributed by atoms with Crippen LogP contribution in [0.5, 0.6) is 0 Å². The quantitative estimate of drug-likeness (QED) is 0.711. The highest BCUT2D eigenvalue weighted by Gasteiger charge is 2.47. The highest BCUT2D eigenvalue weighted by Crippen LogP contribution is 2.40. The molecule has 1 aromatic rings. The molecule has 0 radical (unpaired) electrons. The van der Waals surface area contributed by atoms with Crippen LogP contribution in [0.4, 0.5) is 5.95 Å². The molecule has 0 unspecified atom stereocenters. The topological polar surface area (TPSA) is 67.8 Å². The van der Waals surface area contributed by atoms with Crippen LogP contribution in [0.1, 0.15) is 44.4 Å². The average molecular weight is 399 g/mol. The molecule has 2 fully saturated rings. The van der Waals surface area contributed by atoms with E-state index in [1.807, 2.05) is 11.1 Å². The molecule has 7 heteroatoms. The maximum absolute atomic E-state index is 13.0. The molecule has 7 nitrogen and oxygen atoms in total. The smallest absolute Gasteiger partial charge is 0.226 e. The molecule has 0 aromatic carbocycles. The molecule has 0 N–H and O–H groups in total. The molecule has 1 amide bonds. The van der Waals surface area contributed by atoms with E-state index in [-0.39, 0.29) is 29.4 Å². The summed E-state index contributed by atoms with van der Waals surface area (Å²) in [6.45, 7) is 8.43. The first-order valence-electron chi connectivity index (χ1n) is 10.8. The number of aromatic nitrogens is 2. The Balaban J connectivity index is 1.40. The Hall–Kier alpha value is -1.99. The van der Waals surface area contributed by atoms with Crippen molar-refractivity contribution in [3.05, 3.63) is 29.6 Å². The van der Waals surface area contributed by atoms with E-state index in [9.17, 15) is 4.79 Å². The predicted octanol–water partition coefficient (Wildman–Crippen LogP) is 2.06. The number of likely N-dealkylation sites (tertiary alicyclic amines) is 1. The fraction of sp³-hybridized carbons (Fsp3) is 0.682. The van der Waals surface area contributed by atoms with Crippen LogP contribution in [0.2, 0.25) is 0 Å². The summed E-state index contributed by atoms with van der Waals surface area (Å²) in [5, 5.41) is 0. The molecule has 3 aliphatic heterocycles. The molecule has 4 heterocycles. The van der Waals surface area contributed by atoms with E-state index in [0.717, 1.165) is 56.1 Å². The molecule has 3 atom stereocenters. The molecule has 1 aliphatic carbocycles. The molecular weight excluding hydrogens is 368 g/mol. The number of fused-ring (bicyclic) bond motifs is 2. The van der Waals surface area contributed by atoms with Crippen molar-refractivity contribution in [2.24, 2.45) is 5.92 Å². The molecule has 0 saturated carbocycles. The summed E-state index contributed by atoms with van der Waals surface area (Å²) < 4.78 is 11.8. The third-order valence-corrected chi connectivity index (χ3v) is 6.72. The van der Waals surface area contributed by atoms with Crippen molar-refractivity contribution in [2.45, 2.75) is 57.3 Å². The van der Waals surface area contributed by atoms with Gasteiger partial charge in [-0.2, -0.15) is 0 Å². The maximum atomic E-state index is 13.0. The van der Waals surface area contributed by atoms with E-state index in [2.05, 4.69) is 35.9 Å². The third-order valence-electron chi connectivity index (χ3n) is 6.72. The zero-order valence-electron chi connectivity index (χ0n) is 17.3. The summed E-state index contributed by atoms with van der Waals surface area (Å²) >= 11 is 0. The normalized spacial score (nSPS) is 32.2. The van der Waals surface area contributed by atoms with Crippen molar-refractivity contribution in [3.8, 4) is 0 Å². The number of morpholine rings is 1. The first-order chi connectivity index (χ1) is 14.0. The zero-order valence-corrected chi connectivity index (χ0v) is 17.3. The van der Waals surface area contributed by atoms with Crippen LogP contribution in [0, 0.1) is 5.92 Å². The number of rotatable bonds is 2. The summed E-state index contributed by atoms with van der Waals surface area (Å²) in [7, 11) is 0. The minimum absolute atomic E-state index is 0.117. The largest absolute Gasteiger partial charge is 0.376 e. The van der Waals surface area contributed by atoms with Gasteiger partial charge in [0.05, 0.1) is 36.5 Å². The Morgan fingerprint density at radius 3 is 2.72 bits per heavy atom. The Bertz CT molecular complexity index is 810. The number of hydrogen-bond acceptors (Lipinski definition) is 6. The number of amides is 1. The Morgan fingerprint density at radius 1 is 1.21 bits per heavy atom. The van der Waals surface area contributed by atoms with Crippen molar-refractivity contribution in [1.82, 2.24) is 14.9 Å². The fourth-order valence-electron chi connectivity index (χ4n) is 5.33. The van der Waals surface area contributed by atoms with Gasteiger partial charge in [0, 0.05) is 43.9 Å². The number of nitrogens with zero attached hydrogens (tertiary/aromatic N) is 4. The summed E-state index contributed by atoms with van der Waals surface area (Å²) in [6.07, 6.45) is 9.14. The Labute approximate surface area is 172 Å². The van der Waals surface area contributed by atoms with Gasteiger partial charge in [0.1, 0.15) is 0 Å². The lowest BCUT2D eigenvalue weighted by molar-refractivity contribution is -0.134. The van der Waals surface area contributed by atoms with E-state index in [4.69, 9.17) is 14.5 Å².